The maximum absolute atomic E-state index is 12.9. The van der Waals surface area contributed by atoms with Crippen molar-refractivity contribution in [2.45, 2.75) is 40.7 Å². The molecule has 0 aliphatic rings. The van der Waals surface area contributed by atoms with Crippen LogP contribution in [0.2, 0.25) is 5.02 Å². The third-order valence-electron chi connectivity index (χ3n) is 4.52. The highest BCUT2D eigenvalue weighted by Gasteiger charge is 2.26. The van der Waals surface area contributed by atoms with Crippen LogP contribution in [-0.2, 0) is 4.74 Å². The number of carbonyl (C=O) groups is 2. The van der Waals surface area contributed by atoms with Gasteiger partial charge in [-0.25, -0.2) is 9.78 Å². The lowest BCUT2D eigenvalue weighted by Gasteiger charge is -2.13. The monoisotopic (exact) mass is 416 g/mol. The fraction of sp³-hybridized carbons (Fsp3) is 0.286. The summed E-state index contributed by atoms with van der Waals surface area (Å²) in [4.78, 5) is 30.0. The molecule has 1 atom stereocenters. The topological polar surface area (TPSA) is 61.2 Å². The van der Waals surface area contributed by atoms with Gasteiger partial charge in [0.1, 0.15) is 4.88 Å². The Morgan fingerprint density at radius 3 is 2.36 bits per heavy atom. The summed E-state index contributed by atoms with van der Waals surface area (Å²) in [7, 11) is 0. The molecule has 0 aliphatic carbocycles. The minimum Gasteiger partial charge on any atom is -0.450 e. The van der Waals surface area contributed by atoms with E-state index in [1.807, 2.05) is 43.5 Å². The summed E-state index contributed by atoms with van der Waals surface area (Å²) < 4.78 is 7.41. The molecule has 7 heteroatoms. The number of carbonyl (C=O) groups excluding carboxylic acids is 2. The number of rotatable bonds is 5. The number of hydrogen-bond acceptors (Lipinski definition) is 5. The van der Waals surface area contributed by atoms with Gasteiger partial charge in [0.25, 0.3) is 0 Å². The number of aromatic nitrogens is 2. The second kappa shape index (κ2) is 7.89. The number of halogens is 1. The zero-order valence-electron chi connectivity index (χ0n) is 16.4. The molecule has 0 radical (unpaired) electrons. The van der Waals surface area contributed by atoms with Gasteiger partial charge in [0.05, 0.1) is 10.7 Å². The summed E-state index contributed by atoms with van der Waals surface area (Å²) in [6.07, 6.45) is -0.895. The average molecular weight is 417 g/mol. The van der Waals surface area contributed by atoms with Crippen LogP contribution >= 0.6 is 22.9 Å². The summed E-state index contributed by atoms with van der Waals surface area (Å²) in [5.74, 6) is -0.754. The Labute approximate surface area is 172 Å². The smallest absolute Gasteiger partial charge is 0.350 e. The molecular formula is C21H21ClN2O3S. The largest absolute Gasteiger partial charge is 0.450 e. The molecule has 3 rings (SSSR count). The van der Waals surface area contributed by atoms with Crippen LogP contribution in [0.5, 0.6) is 0 Å². The predicted molar refractivity (Wildman–Crippen MR) is 111 cm³/mol. The Kier molecular flexibility index (Phi) is 5.72. The van der Waals surface area contributed by atoms with Gasteiger partial charge in [-0.1, -0.05) is 11.6 Å². The number of benzene rings is 1. The Bertz CT molecular complexity index is 1050. The first-order valence-electron chi connectivity index (χ1n) is 8.83. The van der Waals surface area contributed by atoms with Crippen molar-refractivity contribution >= 4 is 34.7 Å². The molecule has 0 fully saturated rings. The van der Waals surface area contributed by atoms with Gasteiger partial charge in [0.2, 0.25) is 5.78 Å². The molecule has 0 unspecified atom stereocenters. The van der Waals surface area contributed by atoms with Gasteiger partial charge in [0.15, 0.2) is 6.10 Å². The van der Waals surface area contributed by atoms with Gasteiger partial charge in [0, 0.05) is 27.7 Å². The Morgan fingerprint density at radius 1 is 1.14 bits per heavy atom. The molecule has 0 bridgehead atoms. The van der Waals surface area contributed by atoms with Crippen molar-refractivity contribution in [1.82, 2.24) is 9.55 Å². The second-order valence-corrected chi connectivity index (χ2v) is 8.30. The molecule has 0 amide bonds. The van der Waals surface area contributed by atoms with E-state index in [1.165, 1.54) is 11.3 Å². The van der Waals surface area contributed by atoms with Crippen LogP contribution in [0.25, 0.3) is 5.69 Å². The zero-order valence-corrected chi connectivity index (χ0v) is 17.9. The first kappa shape index (κ1) is 20.3. The summed E-state index contributed by atoms with van der Waals surface area (Å²) >= 11 is 7.24. The summed E-state index contributed by atoms with van der Waals surface area (Å²) in [5.41, 5.74) is 3.77. The van der Waals surface area contributed by atoms with Crippen molar-refractivity contribution in [1.29, 1.82) is 0 Å². The van der Waals surface area contributed by atoms with Crippen LogP contribution in [0.15, 0.2) is 30.3 Å². The molecule has 0 saturated heterocycles. The lowest BCUT2D eigenvalue weighted by Crippen LogP contribution is -2.24. The van der Waals surface area contributed by atoms with E-state index in [-0.39, 0.29) is 5.78 Å². The third kappa shape index (κ3) is 3.88. The number of thiazole rings is 1. The van der Waals surface area contributed by atoms with E-state index >= 15 is 0 Å². The van der Waals surface area contributed by atoms with Crippen LogP contribution in [0.1, 0.15) is 49.0 Å². The van der Waals surface area contributed by atoms with Crippen LogP contribution in [0.4, 0.5) is 0 Å². The summed E-state index contributed by atoms with van der Waals surface area (Å²) in [6.45, 7) is 8.98. The van der Waals surface area contributed by atoms with Crippen molar-refractivity contribution in [3.8, 4) is 5.69 Å². The molecule has 0 aliphatic heterocycles. The van der Waals surface area contributed by atoms with Gasteiger partial charge in [-0.2, -0.15) is 0 Å². The van der Waals surface area contributed by atoms with Gasteiger partial charge in [-0.05, 0) is 65.0 Å². The number of Topliss-reactive ketones (excluding diaryl/α,β-unsaturated/α-hetero) is 1. The van der Waals surface area contributed by atoms with Crippen LogP contribution in [-0.4, -0.2) is 27.4 Å². The first-order valence-corrected chi connectivity index (χ1v) is 10.0. The van der Waals surface area contributed by atoms with Gasteiger partial charge >= 0.3 is 5.97 Å². The lowest BCUT2D eigenvalue weighted by atomic mass is 10.1. The molecule has 146 valence electrons. The van der Waals surface area contributed by atoms with Crippen molar-refractivity contribution in [2.75, 3.05) is 0 Å². The molecule has 2 aromatic heterocycles. The minimum absolute atomic E-state index is 0.236. The van der Waals surface area contributed by atoms with Crippen LogP contribution in [0.3, 0.4) is 0 Å². The molecule has 5 nitrogen and oxygen atoms in total. The second-order valence-electron chi connectivity index (χ2n) is 6.66. The van der Waals surface area contributed by atoms with Gasteiger partial charge in [-0.15, -0.1) is 11.3 Å². The normalized spacial score (nSPS) is 12.1. The van der Waals surface area contributed by atoms with E-state index in [0.29, 0.717) is 21.2 Å². The molecule has 3 aromatic rings. The molecule has 0 spiro atoms. The van der Waals surface area contributed by atoms with Crippen LogP contribution in [0, 0.1) is 27.7 Å². The number of ether oxygens (including phenoxy) is 1. The van der Waals surface area contributed by atoms with Gasteiger partial charge < -0.3 is 9.30 Å². The molecule has 1 aromatic carbocycles. The number of ketones is 1. The van der Waals surface area contributed by atoms with Gasteiger partial charge in [-0.3, -0.25) is 4.79 Å². The highest BCUT2D eigenvalue weighted by molar-refractivity contribution is 7.13. The molecular weight excluding hydrogens is 396 g/mol. The standard InChI is InChI=1S/C21H21ClN2O3S/c1-11-10-18(13(3)24(11)17-8-6-16(22)7-9-17)19(25)14(4)27-21(26)20-12(2)23-15(5)28-20/h6-10,14H,1-5H3/t14-/m1/s1. The van der Waals surface area contributed by atoms with Crippen molar-refractivity contribution in [2.24, 2.45) is 0 Å². The van der Waals surface area contributed by atoms with E-state index in [2.05, 4.69) is 4.98 Å². The van der Waals surface area contributed by atoms with Crippen LogP contribution < -0.4 is 0 Å². The fourth-order valence-corrected chi connectivity index (χ4v) is 4.14. The van der Waals surface area contributed by atoms with E-state index in [0.717, 1.165) is 22.1 Å². The Morgan fingerprint density at radius 2 is 1.79 bits per heavy atom. The first-order chi connectivity index (χ1) is 13.2. The van der Waals surface area contributed by atoms with Crippen molar-refractivity contribution < 1.29 is 14.3 Å². The Hall–Kier alpha value is -2.44. The zero-order chi connectivity index (χ0) is 20.6. The van der Waals surface area contributed by atoms with E-state index in [4.69, 9.17) is 16.3 Å². The maximum Gasteiger partial charge on any atom is 0.350 e. The maximum atomic E-state index is 12.9. The highest BCUT2D eigenvalue weighted by Crippen LogP contribution is 2.24. The lowest BCUT2D eigenvalue weighted by molar-refractivity contribution is 0.0322. The molecule has 2 heterocycles. The molecule has 28 heavy (non-hydrogen) atoms. The molecule has 0 N–H and O–H groups in total. The number of aryl methyl sites for hydroxylation is 3. The van der Waals surface area contributed by atoms with E-state index in [9.17, 15) is 9.59 Å². The summed E-state index contributed by atoms with van der Waals surface area (Å²) in [5, 5.41) is 1.44. The fourth-order valence-electron chi connectivity index (χ4n) is 3.21. The third-order valence-corrected chi connectivity index (χ3v) is 5.83. The molecule has 0 saturated carbocycles. The number of nitrogens with zero attached hydrogens (tertiary/aromatic N) is 2. The van der Waals surface area contributed by atoms with Crippen molar-refractivity contribution in [3.63, 3.8) is 0 Å². The highest BCUT2D eigenvalue weighted by atomic mass is 35.5. The minimum atomic E-state index is -0.895. The summed E-state index contributed by atoms with van der Waals surface area (Å²) in [6, 6.07) is 9.23. The SMILES string of the molecule is Cc1nc(C)c(C(=O)O[C@H](C)C(=O)c2cc(C)n(-c3ccc(Cl)cc3)c2C)s1. The van der Waals surface area contributed by atoms with E-state index in [1.54, 1.807) is 26.0 Å². The van der Waals surface area contributed by atoms with E-state index < -0.39 is 12.1 Å². The Balaban J connectivity index is 1.84. The number of esters is 1. The van der Waals surface area contributed by atoms with Crippen molar-refractivity contribution in [3.05, 3.63) is 67.9 Å². The average Bonchev–Trinajstić information content (AvgIpc) is 3.13. The quantitative estimate of drug-likeness (QED) is 0.421. The predicted octanol–water partition coefficient (Wildman–Crippen LogP) is 5.25. The number of hydrogen-bond donors (Lipinski definition) is 0.